The summed E-state index contributed by atoms with van der Waals surface area (Å²) in [5.41, 5.74) is 1.10. The summed E-state index contributed by atoms with van der Waals surface area (Å²) in [5, 5.41) is 0. The molecule has 0 N–H and O–H groups in total. The molecule has 0 aliphatic carbocycles. The summed E-state index contributed by atoms with van der Waals surface area (Å²) in [6, 6.07) is 7.91. The number of oxazole rings is 1. The maximum absolute atomic E-state index is 12.9. The normalized spacial score (nSPS) is 19.9. The third-order valence-electron chi connectivity index (χ3n) is 6.20. The summed E-state index contributed by atoms with van der Waals surface area (Å²) in [7, 11) is 1.66. The van der Waals surface area contributed by atoms with Gasteiger partial charge in [-0.05, 0) is 43.4 Å². The van der Waals surface area contributed by atoms with E-state index in [1.165, 1.54) is 0 Å². The molecule has 3 heterocycles. The van der Waals surface area contributed by atoms with Crippen LogP contribution in [0, 0.1) is 0 Å². The van der Waals surface area contributed by atoms with Crippen molar-refractivity contribution in [2.24, 2.45) is 0 Å². The SMILES string of the molecule is COc1cccc(Cc2cnc([C@@H]3CCCN(C(=O)CN4CCCCCC4=O)C3)o2)c1. The second kappa shape index (κ2) is 9.98. The molecular formula is C24H31N3O4. The van der Waals surface area contributed by atoms with Crippen LogP contribution in [0.1, 0.15) is 61.7 Å². The number of benzene rings is 1. The minimum Gasteiger partial charge on any atom is -0.497 e. The predicted molar refractivity (Wildman–Crippen MR) is 116 cm³/mol. The fourth-order valence-electron chi connectivity index (χ4n) is 4.45. The molecule has 2 fully saturated rings. The number of likely N-dealkylation sites (tertiary alicyclic amines) is 2. The molecule has 1 aromatic heterocycles. The van der Waals surface area contributed by atoms with Crippen molar-refractivity contribution in [2.45, 2.75) is 50.9 Å². The molecule has 2 saturated heterocycles. The zero-order valence-electron chi connectivity index (χ0n) is 18.2. The average molecular weight is 426 g/mol. The first-order chi connectivity index (χ1) is 15.1. The molecule has 31 heavy (non-hydrogen) atoms. The molecule has 4 rings (SSSR count). The maximum atomic E-state index is 12.9. The van der Waals surface area contributed by atoms with Crippen LogP contribution in [0.5, 0.6) is 5.75 Å². The van der Waals surface area contributed by atoms with Crippen LogP contribution in [0.25, 0.3) is 0 Å². The van der Waals surface area contributed by atoms with Gasteiger partial charge in [0.25, 0.3) is 0 Å². The van der Waals surface area contributed by atoms with Crippen LogP contribution in [-0.2, 0) is 16.0 Å². The molecule has 7 heteroatoms. The Kier molecular flexibility index (Phi) is 6.89. The molecule has 0 bridgehead atoms. The Labute approximate surface area is 183 Å². The fraction of sp³-hybridized carbons (Fsp3) is 0.542. The molecule has 1 aromatic carbocycles. The van der Waals surface area contributed by atoms with Crippen LogP contribution in [0.2, 0.25) is 0 Å². The van der Waals surface area contributed by atoms with Crippen molar-refractivity contribution in [3.63, 3.8) is 0 Å². The lowest BCUT2D eigenvalue weighted by Crippen LogP contribution is -2.46. The van der Waals surface area contributed by atoms with Crippen molar-refractivity contribution in [2.75, 3.05) is 33.3 Å². The predicted octanol–water partition coefficient (Wildman–Crippen LogP) is 3.38. The molecule has 2 aliphatic rings. The summed E-state index contributed by atoms with van der Waals surface area (Å²) in [5.74, 6) is 2.55. The molecule has 2 aliphatic heterocycles. The molecule has 0 unspecified atom stereocenters. The molecule has 0 saturated carbocycles. The first-order valence-electron chi connectivity index (χ1n) is 11.3. The van der Waals surface area contributed by atoms with Crippen LogP contribution < -0.4 is 4.74 Å². The van der Waals surface area contributed by atoms with Crippen molar-refractivity contribution in [1.82, 2.24) is 14.8 Å². The number of nitrogens with zero attached hydrogens (tertiary/aromatic N) is 3. The van der Waals surface area contributed by atoms with E-state index < -0.39 is 0 Å². The van der Waals surface area contributed by atoms with Gasteiger partial charge in [0.2, 0.25) is 11.8 Å². The monoisotopic (exact) mass is 425 g/mol. The Morgan fingerprint density at radius 2 is 2.13 bits per heavy atom. The van der Waals surface area contributed by atoms with Gasteiger partial charge >= 0.3 is 0 Å². The maximum Gasteiger partial charge on any atom is 0.242 e. The molecule has 1 atom stereocenters. The van der Waals surface area contributed by atoms with Crippen molar-refractivity contribution in [3.05, 3.63) is 47.7 Å². The number of hydrogen-bond donors (Lipinski definition) is 0. The largest absolute Gasteiger partial charge is 0.497 e. The van der Waals surface area contributed by atoms with Crippen LogP contribution in [0.4, 0.5) is 0 Å². The Balaban J connectivity index is 1.36. The van der Waals surface area contributed by atoms with Gasteiger partial charge in [-0.25, -0.2) is 4.98 Å². The minimum absolute atomic E-state index is 0.0307. The van der Waals surface area contributed by atoms with Gasteiger partial charge < -0.3 is 19.0 Å². The third kappa shape index (κ3) is 5.46. The van der Waals surface area contributed by atoms with E-state index in [0.717, 1.165) is 55.7 Å². The van der Waals surface area contributed by atoms with E-state index in [4.69, 9.17) is 9.15 Å². The molecule has 166 valence electrons. The lowest BCUT2D eigenvalue weighted by atomic mass is 9.98. The standard InChI is InChI=1S/C24H31N3O4/c1-30-20-9-5-7-18(13-20)14-21-15-25-24(31-21)19-8-6-12-26(16-19)23(29)17-27-11-4-2-3-10-22(27)28/h5,7,9,13,15,19H,2-4,6,8,10-12,14,16-17H2,1H3/t19-/m1/s1. The number of ether oxygens (including phenoxy) is 1. The van der Waals surface area contributed by atoms with Crippen LogP contribution in [0.3, 0.4) is 0 Å². The van der Waals surface area contributed by atoms with Gasteiger partial charge in [-0.15, -0.1) is 0 Å². The van der Waals surface area contributed by atoms with E-state index in [0.29, 0.717) is 31.8 Å². The smallest absolute Gasteiger partial charge is 0.242 e. The number of carbonyl (C=O) groups excluding carboxylic acids is 2. The summed E-state index contributed by atoms with van der Waals surface area (Å²) in [6.45, 7) is 2.21. The molecule has 2 aromatic rings. The second-order valence-corrected chi connectivity index (χ2v) is 8.50. The summed E-state index contributed by atoms with van der Waals surface area (Å²) >= 11 is 0. The highest BCUT2D eigenvalue weighted by Gasteiger charge is 2.29. The fourth-order valence-corrected chi connectivity index (χ4v) is 4.45. The van der Waals surface area contributed by atoms with E-state index in [-0.39, 0.29) is 24.3 Å². The molecule has 2 amide bonds. The molecule has 7 nitrogen and oxygen atoms in total. The number of aromatic nitrogens is 1. The molecule has 0 spiro atoms. The topological polar surface area (TPSA) is 75.9 Å². The Morgan fingerprint density at radius 1 is 1.23 bits per heavy atom. The average Bonchev–Trinajstić information content (AvgIpc) is 3.17. The van der Waals surface area contributed by atoms with Gasteiger partial charge in [0.1, 0.15) is 11.5 Å². The zero-order chi connectivity index (χ0) is 21.6. The summed E-state index contributed by atoms with van der Waals surface area (Å²) < 4.78 is 11.3. The Morgan fingerprint density at radius 3 is 3.00 bits per heavy atom. The lowest BCUT2D eigenvalue weighted by Gasteiger charge is -2.33. The number of carbonyl (C=O) groups is 2. The van der Waals surface area contributed by atoms with Crippen LogP contribution >= 0.6 is 0 Å². The van der Waals surface area contributed by atoms with Crippen molar-refractivity contribution in [3.8, 4) is 5.75 Å². The number of hydrogen-bond acceptors (Lipinski definition) is 5. The first kappa shape index (κ1) is 21.4. The zero-order valence-corrected chi connectivity index (χ0v) is 18.2. The van der Waals surface area contributed by atoms with Crippen molar-refractivity contribution < 1.29 is 18.7 Å². The van der Waals surface area contributed by atoms with Gasteiger partial charge in [-0.3, -0.25) is 9.59 Å². The lowest BCUT2D eigenvalue weighted by molar-refractivity contribution is -0.141. The number of piperidine rings is 1. The molecule has 0 radical (unpaired) electrons. The van der Waals surface area contributed by atoms with E-state index in [1.54, 1.807) is 18.2 Å². The Hall–Kier alpha value is -2.83. The minimum atomic E-state index is 0.0307. The van der Waals surface area contributed by atoms with E-state index >= 15 is 0 Å². The van der Waals surface area contributed by atoms with Crippen molar-refractivity contribution in [1.29, 1.82) is 0 Å². The molecular weight excluding hydrogens is 394 g/mol. The van der Waals surface area contributed by atoms with Gasteiger partial charge in [-0.2, -0.15) is 0 Å². The van der Waals surface area contributed by atoms with Crippen LogP contribution in [0.15, 0.2) is 34.9 Å². The van der Waals surface area contributed by atoms with E-state index in [2.05, 4.69) is 4.98 Å². The van der Waals surface area contributed by atoms with Gasteiger partial charge in [0.15, 0.2) is 5.89 Å². The third-order valence-corrected chi connectivity index (χ3v) is 6.20. The quantitative estimate of drug-likeness (QED) is 0.709. The van der Waals surface area contributed by atoms with Gasteiger partial charge in [-0.1, -0.05) is 18.6 Å². The number of methoxy groups -OCH3 is 1. The number of amides is 2. The highest BCUT2D eigenvalue weighted by atomic mass is 16.5. The second-order valence-electron chi connectivity index (χ2n) is 8.50. The van der Waals surface area contributed by atoms with Crippen LogP contribution in [-0.4, -0.2) is 59.9 Å². The Bertz CT molecular complexity index is 910. The highest BCUT2D eigenvalue weighted by Crippen LogP contribution is 2.28. The van der Waals surface area contributed by atoms with E-state index in [9.17, 15) is 9.59 Å². The summed E-state index contributed by atoms with van der Waals surface area (Å²) in [6.07, 6.45) is 7.82. The summed E-state index contributed by atoms with van der Waals surface area (Å²) in [4.78, 5) is 33.2. The first-order valence-corrected chi connectivity index (χ1v) is 11.3. The van der Waals surface area contributed by atoms with Gasteiger partial charge in [0, 0.05) is 32.5 Å². The van der Waals surface area contributed by atoms with E-state index in [1.807, 2.05) is 29.2 Å². The van der Waals surface area contributed by atoms with Crippen molar-refractivity contribution >= 4 is 11.8 Å². The highest BCUT2D eigenvalue weighted by molar-refractivity contribution is 5.85. The van der Waals surface area contributed by atoms with Gasteiger partial charge in [0.05, 0.1) is 25.8 Å². The number of rotatable bonds is 6.